The number of H-pyrrole nitrogens is 1. The lowest BCUT2D eigenvalue weighted by Gasteiger charge is -2.11. The quantitative estimate of drug-likeness (QED) is 0.852. The van der Waals surface area contributed by atoms with Gasteiger partial charge in [0.05, 0.1) is 18.4 Å². The third kappa shape index (κ3) is 3.67. The molecule has 0 saturated carbocycles. The number of ether oxygens (including phenoxy) is 1. The van der Waals surface area contributed by atoms with Gasteiger partial charge in [-0.05, 0) is 0 Å². The zero-order valence-electron chi connectivity index (χ0n) is 8.27. The minimum Gasteiger partial charge on any atom is -0.390 e. The standard InChI is InChI=1S/C9H6ClF3N2O2/c10-4-6-5(1-2-14)7(16)3-8(15-6)17-9(11,12)13/h3H,1,4H2,(H,15,16). The van der Waals surface area contributed by atoms with Gasteiger partial charge in [-0.3, -0.25) is 4.79 Å². The Morgan fingerprint density at radius 3 is 2.65 bits per heavy atom. The van der Waals surface area contributed by atoms with Crippen molar-refractivity contribution >= 4 is 11.6 Å². The number of halogens is 4. The lowest BCUT2D eigenvalue weighted by atomic mass is 10.1. The van der Waals surface area contributed by atoms with Gasteiger partial charge in [-0.2, -0.15) is 5.26 Å². The number of alkyl halides is 4. The van der Waals surface area contributed by atoms with Crippen LogP contribution in [0, 0.1) is 11.3 Å². The molecule has 0 amide bonds. The molecule has 1 aromatic rings. The molecule has 0 saturated heterocycles. The Morgan fingerprint density at radius 1 is 1.53 bits per heavy atom. The summed E-state index contributed by atoms with van der Waals surface area (Å²) in [5.74, 6) is -0.971. The van der Waals surface area contributed by atoms with Crippen LogP contribution in [0.2, 0.25) is 0 Å². The first-order valence-electron chi connectivity index (χ1n) is 4.31. The monoisotopic (exact) mass is 266 g/mol. The molecule has 1 N–H and O–H groups in total. The highest BCUT2D eigenvalue weighted by molar-refractivity contribution is 6.17. The molecule has 0 spiro atoms. The summed E-state index contributed by atoms with van der Waals surface area (Å²) in [6.45, 7) is 0. The molecule has 0 bridgehead atoms. The summed E-state index contributed by atoms with van der Waals surface area (Å²) in [5.41, 5.74) is -0.641. The predicted octanol–water partition coefficient (Wildman–Crippen LogP) is 2.08. The molecule has 1 heterocycles. The van der Waals surface area contributed by atoms with E-state index in [2.05, 4.69) is 9.72 Å². The van der Waals surface area contributed by atoms with Crippen molar-refractivity contribution in [2.75, 3.05) is 0 Å². The maximum absolute atomic E-state index is 11.9. The Kier molecular flexibility index (Phi) is 4.02. The zero-order valence-corrected chi connectivity index (χ0v) is 9.02. The van der Waals surface area contributed by atoms with Crippen molar-refractivity contribution < 1.29 is 17.9 Å². The minimum atomic E-state index is -4.90. The summed E-state index contributed by atoms with van der Waals surface area (Å²) in [6, 6.07) is 2.36. The van der Waals surface area contributed by atoms with Crippen molar-refractivity contribution in [1.29, 1.82) is 5.26 Å². The first kappa shape index (κ1) is 13.4. The van der Waals surface area contributed by atoms with E-state index in [0.29, 0.717) is 6.07 Å². The molecule has 0 fully saturated rings. The van der Waals surface area contributed by atoms with E-state index in [-0.39, 0.29) is 23.6 Å². The van der Waals surface area contributed by atoms with Gasteiger partial charge in [-0.25, -0.2) is 0 Å². The number of nitrogens with one attached hydrogen (secondary N) is 1. The predicted molar refractivity (Wildman–Crippen MR) is 52.6 cm³/mol. The fourth-order valence-electron chi connectivity index (χ4n) is 1.18. The van der Waals surface area contributed by atoms with E-state index < -0.39 is 17.7 Å². The van der Waals surface area contributed by atoms with Crippen LogP contribution in [0.4, 0.5) is 13.2 Å². The van der Waals surface area contributed by atoms with Crippen molar-refractivity contribution in [3.63, 3.8) is 0 Å². The van der Waals surface area contributed by atoms with Gasteiger partial charge in [-0.1, -0.05) is 0 Å². The van der Waals surface area contributed by atoms with Crippen molar-refractivity contribution in [3.05, 3.63) is 27.5 Å². The highest BCUT2D eigenvalue weighted by atomic mass is 35.5. The highest BCUT2D eigenvalue weighted by Gasteiger charge is 2.32. The van der Waals surface area contributed by atoms with Crippen molar-refractivity contribution in [3.8, 4) is 11.9 Å². The molecule has 0 atom stereocenters. The smallest absolute Gasteiger partial charge is 0.390 e. The van der Waals surface area contributed by atoms with Crippen LogP contribution in [-0.2, 0) is 12.3 Å². The van der Waals surface area contributed by atoms with Gasteiger partial charge in [0.2, 0.25) is 5.88 Å². The Morgan fingerprint density at radius 2 is 2.18 bits per heavy atom. The van der Waals surface area contributed by atoms with E-state index >= 15 is 0 Å². The fourth-order valence-corrected chi connectivity index (χ4v) is 1.41. The number of aromatic amines is 1. The third-order valence-electron chi connectivity index (χ3n) is 1.81. The molecule has 0 aliphatic carbocycles. The van der Waals surface area contributed by atoms with E-state index in [1.165, 1.54) is 0 Å². The third-order valence-corrected chi connectivity index (χ3v) is 2.08. The number of pyridine rings is 1. The number of hydrogen-bond acceptors (Lipinski definition) is 3. The van der Waals surface area contributed by atoms with Crippen LogP contribution in [0.3, 0.4) is 0 Å². The average Bonchev–Trinajstić information content (AvgIpc) is 2.19. The number of nitriles is 1. The van der Waals surface area contributed by atoms with E-state index in [9.17, 15) is 18.0 Å². The number of nitrogens with zero attached hydrogens (tertiary/aromatic N) is 1. The van der Waals surface area contributed by atoms with Crippen molar-refractivity contribution in [1.82, 2.24) is 4.98 Å². The number of hydrogen-bond donors (Lipinski definition) is 1. The van der Waals surface area contributed by atoms with E-state index in [1.807, 2.05) is 0 Å². The fraction of sp³-hybridized carbons (Fsp3) is 0.333. The van der Waals surface area contributed by atoms with Crippen LogP contribution in [0.25, 0.3) is 0 Å². The summed E-state index contributed by atoms with van der Waals surface area (Å²) in [5, 5.41) is 8.46. The summed E-state index contributed by atoms with van der Waals surface area (Å²) in [6.07, 6.45) is -5.13. The molecule has 1 aromatic heterocycles. The minimum absolute atomic E-state index is 0.0389. The molecule has 92 valence electrons. The Bertz CT molecular complexity index is 504. The summed E-state index contributed by atoms with van der Waals surface area (Å²) in [7, 11) is 0. The van der Waals surface area contributed by atoms with Crippen LogP contribution in [0.15, 0.2) is 10.9 Å². The second-order valence-electron chi connectivity index (χ2n) is 2.97. The molecule has 17 heavy (non-hydrogen) atoms. The SMILES string of the molecule is N#CCc1c(CCl)[nH]c(OC(F)(F)F)cc1=O. The second-order valence-corrected chi connectivity index (χ2v) is 3.24. The molecule has 0 aliphatic rings. The van der Waals surface area contributed by atoms with Gasteiger partial charge in [0, 0.05) is 17.3 Å². The summed E-state index contributed by atoms with van der Waals surface area (Å²) < 4.78 is 39.3. The summed E-state index contributed by atoms with van der Waals surface area (Å²) in [4.78, 5) is 13.6. The Hall–Kier alpha value is -1.68. The van der Waals surface area contributed by atoms with Crippen LogP contribution >= 0.6 is 11.6 Å². The number of aromatic nitrogens is 1. The van der Waals surface area contributed by atoms with Crippen molar-refractivity contribution in [2.45, 2.75) is 18.7 Å². The molecule has 0 unspecified atom stereocenters. The molecule has 8 heteroatoms. The first-order chi connectivity index (χ1) is 7.87. The zero-order chi connectivity index (χ0) is 13.1. The Balaban J connectivity index is 3.19. The molecular formula is C9H6ClF3N2O2. The van der Waals surface area contributed by atoms with Gasteiger partial charge in [0.15, 0.2) is 5.43 Å². The topological polar surface area (TPSA) is 65.9 Å². The first-order valence-corrected chi connectivity index (χ1v) is 4.84. The van der Waals surface area contributed by atoms with Crippen LogP contribution < -0.4 is 10.2 Å². The van der Waals surface area contributed by atoms with Gasteiger partial charge < -0.3 is 9.72 Å². The average molecular weight is 267 g/mol. The highest BCUT2D eigenvalue weighted by Crippen LogP contribution is 2.21. The maximum atomic E-state index is 11.9. The lowest BCUT2D eigenvalue weighted by molar-refractivity contribution is -0.276. The van der Waals surface area contributed by atoms with Crippen LogP contribution in [-0.4, -0.2) is 11.3 Å². The van der Waals surface area contributed by atoms with Crippen molar-refractivity contribution in [2.24, 2.45) is 0 Å². The number of rotatable bonds is 3. The molecule has 0 aromatic carbocycles. The molecule has 0 aliphatic heterocycles. The maximum Gasteiger partial charge on any atom is 0.574 e. The van der Waals surface area contributed by atoms with E-state index in [1.54, 1.807) is 6.07 Å². The van der Waals surface area contributed by atoms with Crippen LogP contribution in [0.5, 0.6) is 5.88 Å². The largest absolute Gasteiger partial charge is 0.574 e. The molecule has 1 rings (SSSR count). The van der Waals surface area contributed by atoms with Gasteiger partial charge >= 0.3 is 6.36 Å². The second kappa shape index (κ2) is 5.10. The van der Waals surface area contributed by atoms with Crippen LogP contribution in [0.1, 0.15) is 11.3 Å². The van der Waals surface area contributed by atoms with Gasteiger partial charge in [0.1, 0.15) is 0 Å². The Labute approximate surface area is 98.6 Å². The molecule has 4 nitrogen and oxygen atoms in total. The van der Waals surface area contributed by atoms with E-state index in [4.69, 9.17) is 16.9 Å². The summed E-state index contributed by atoms with van der Waals surface area (Å²) >= 11 is 5.47. The molecular weight excluding hydrogens is 261 g/mol. The lowest BCUT2D eigenvalue weighted by Crippen LogP contribution is -2.21. The molecule has 0 radical (unpaired) electrons. The van der Waals surface area contributed by atoms with E-state index in [0.717, 1.165) is 0 Å². The van der Waals surface area contributed by atoms with Gasteiger partial charge in [-0.15, -0.1) is 24.8 Å². The van der Waals surface area contributed by atoms with Gasteiger partial charge in [0.25, 0.3) is 0 Å². The normalized spacial score (nSPS) is 11.0.